The van der Waals surface area contributed by atoms with Crippen LogP contribution in [0.1, 0.15) is 6.85 Å². The van der Waals surface area contributed by atoms with E-state index in [0.717, 1.165) is 6.54 Å². The van der Waals surface area contributed by atoms with Crippen LogP contribution in [-0.2, 0) is 0 Å². The maximum atomic E-state index is 8.34. The van der Waals surface area contributed by atoms with Crippen molar-refractivity contribution in [3.05, 3.63) is 90.9 Å². The van der Waals surface area contributed by atoms with Crippen LogP contribution in [0.5, 0.6) is 0 Å². The topological polar surface area (TPSA) is 0 Å². The Kier molecular flexibility index (Phi) is 2.57. The molecule has 0 atom stereocenters. The SMILES string of the molecule is [3H]c1c([3H])c([3H])[c]([Bi]([c]2ccccc2)[c]2ccccc2)c([3H])c1[3H]. The van der Waals surface area contributed by atoms with Crippen molar-refractivity contribution >= 4 is 31.6 Å². The average molecular weight is 450 g/mol. The van der Waals surface area contributed by atoms with E-state index in [1.165, 1.54) is 0 Å². The Bertz CT molecular complexity index is 797. The zero-order valence-electron chi connectivity index (χ0n) is 15.2. The molecule has 3 aromatic rings. The van der Waals surface area contributed by atoms with Crippen LogP contribution in [0.2, 0.25) is 0 Å². The van der Waals surface area contributed by atoms with E-state index in [1.54, 1.807) is 0 Å². The quantitative estimate of drug-likeness (QED) is 0.537. The molecule has 3 rings (SSSR count). The van der Waals surface area contributed by atoms with Gasteiger partial charge in [0.15, 0.2) is 0 Å². The predicted molar refractivity (Wildman–Crippen MR) is 84.0 cm³/mol. The molecule has 1 heteroatoms. The van der Waals surface area contributed by atoms with Crippen molar-refractivity contribution in [1.29, 1.82) is 0 Å². The van der Waals surface area contributed by atoms with Gasteiger partial charge in [-0.1, -0.05) is 0 Å². The molecule has 0 fully saturated rings. The molecule has 0 aliphatic heterocycles. The van der Waals surface area contributed by atoms with Crippen LogP contribution < -0.4 is 9.81 Å². The van der Waals surface area contributed by atoms with E-state index in [-0.39, 0.29) is 30.2 Å². The summed E-state index contributed by atoms with van der Waals surface area (Å²) >= 11 is -2.98. The van der Waals surface area contributed by atoms with Crippen molar-refractivity contribution in [3.8, 4) is 0 Å². The number of rotatable bonds is 3. The summed E-state index contributed by atoms with van der Waals surface area (Å²) in [5.41, 5.74) is 0. The first kappa shape index (κ1) is 7.97. The van der Waals surface area contributed by atoms with E-state index in [1.807, 2.05) is 60.7 Å². The second-order valence-electron chi connectivity index (χ2n) is 3.98. The molecule has 0 radical (unpaired) electrons. The van der Waals surface area contributed by atoms with E-state index in [4.69, 9.17) is 6.85 Å². The molecule has 3 aromatic carbocycles. The second kappa shape index (κ2) is 6.13. The molecule has 0 aromatic heterocycles. The third kappa shape index (κ3) is 2.93. The maximum absolute atomic E-state index is 8.34. The Morgan fingerprint density at radius 1 is 0.579 bits per heavy atom. The first-order valence-electron chi connectivity index (χ1n) is 8.49. The third-order valence-corrected chi connectivity index (χ3v) is 11.7. The summed E-state index contributed by atoms with van der Waals surface area (Å²) in [6.45, 7) is 0. The van der Waals surface area contributed by atoms with Gasteiger partial charge in [-0.2, -0.15) is 0 Å². The Hall–Kier alpha value is -1.46. The van der Waals surface area contributed by atoms with E-state index >= 15 is 0 Å². The fourth-order valence-corrected chi connectivity index (χ4v) is 10.0. The van der Waals surface area contributed by atoms with Gasteiger partial charge in [0.05, 0.1) is 0 Å². The van der Waals surface area contributed by atoms with Crippen LogP contribution in [-0.4, -0.2) is 21.8 Å². The Balaban J connectivity index is 2.33. The van der Waals surface area contributed by atoms with E-state index < -0.39 is 21.8 Å². The van der Waals surface area contributed by atoms with Gasteiger partial charge in [0, 0.05) is 0 Å². The van der Waals surface area contributed by atoms with Gasteiger partial charge in [0.25, 0.3) is 0 Å². The van der Waals surface area contributed by atoms with Gasteiger partial charge < -0.3 is 0 Å². The Morgan fingerprint density at radius 3 is 1.53 bits per heavy atom. The predicted octanol–water partition coefficient (Wildman–Crippen LogP) is 2.20. The summed E-state index contributed by atoms with van der Waals surface area (Å²) < 4.78 is 43.2. The van der Waals surface area contributed by atoms with Crippen LogP contribution in [0.25, 0.3) is 0 Å². The molecule has 0 amide bonds. The zero-order valence-corrected chi connectivity index (χ0v) is 13.7. The Labute approximate surface area is 129 Å². The van der Waals surface area contributed by atoms with Crippen LogP contribution in [0, 0.1) is 0 Å². The summed E-state index contributed by atoms with van der Waals surface area (Å²) in [5.74, 6) is 0. The molecule has 0 saturated carbocycles. The first-order chi connectivity index (χ1) is 11.5. The molecule has 92 valence electrons. The monoisotopic (exact) mass is 450 g/mol. The minimum atomic E-state index is -2.98. The van der Waals surface area contributed by atoms with Crippen LogP contribution in [0.15, 0.2) is 90.9 Å². The van der Waals surface area contributed by atoms with Gasteiger partial charge >= 0.3 is 129 Å². The van der Waals surface area contributed by atoms with E-state index in [9.17, 15) is 0 Å². The number of benzene rings is 3. The summed E-state index contributed by atoms with van der Waals surface area (Å²) in [5, 5.41) is 0. The molecule has 0 aliphatic carbocycles. The number of hydrogen-bond acceptors (Lipinski definition) is 0. The minimum absolute atomic E-state index is 0.0634. The first-order valence-corrected chi connectivity index (χ1v) is 11.2. The van der Waals surface area contributed by atoms with Crippen molar-refractivity contribution in [3.63, 3.8) is 0 Å². The summed E-state index contributed by atoms with van der Waals surface area (Å²) in [7, 11) is 0. The fraction of sp³-hybridized carbons (Fsp3) is 0. The van der Waals surface area contributed by atoms with Gasteiger partial charge in [-0.15, -0.1) is 0 Å². The molecule has 0 unspecified atom stereocenters. The van der Waals surface area contributed by atoms with Gasteiger partial charge in [-0.3, -0.25) is 0 Å². The molecule has 0 bridgehead atoms. The van der Waals surface area contributed by atoms with Crippen molar-refractivity contribution in [2.24, 2.45) is 0 Å². The second-order valence-corrected chi connectivity index (χ2v) is 12.3. The molecule has 0 N–H and O–H groups in total. The summed E-state index contributed by atoms with van der Waals surface area (Å²) in [6.07, 6.45) is 0. The van der Waals surface area contributed by atoms with E-state index in [0.29, 0.717) is 3.27 Å². The molecule has 0 nitrogen and oxygen atoms in total. The van der Waals surface area contributed by atoms with Crippen molar-refractivity contribution in [2.75, 3.05) is 0 Å². The van der Waals surface area contributed by atoms with Crippen LogP contribution in [0.3, 0.4) is 0 Å². The number of hydrogen-bond donors (Lipinski definition) is 0. The molecular weight excluding hydrogens is 425 g/mol. The Morgan fingerprint density at radius 2 is 1.05 bits per heavy atom. The van der Waals surface area contributed by atoms with Crippen LogP contribution in [0.4, 0.5) is 0 Å². The molecule has 0 heterocycles. The van der Waals surface area contributed by atoms with Gasteiger partial charge in [0.1, 0.15) is 0 Å². The van der Waals surface area contributed by atoms with Crippen molar-refractivity contribution in [1.82, 2.24) is 0 Å². The van der Waals surface area contributed by atoms with E-state index in [2.05, 4.69) is 0 Å². The zero-order chi connectivity index (χ0) is 17.3. The normalized spacial score (nSPS) is 14.3. The fourth-order valence-electron chi connectivity index (χ4n) is 1.92. The molecule has 0 spiro atoms. The molecule has 0 saturated heterocycles. The molecule has 19 heavy (non-hydrogen) atoms. The van der Waals surface area contributed by atoms with Gasteiger partial charge in [-0.25, -0.2) is 0 Å². The third-order valence-electron chi connectivity index (χ3n) is 2.74. The average Bonchev–Trinajstić information content (AvgIpc) is 2.63. The summed E-state index contributed by atoms with van der Waals surface area (Å²) in [4.78, 5) is 0. The molecule has 0 aliphatic rings. The van der Waals surface area contributed by atoms with Gasteiger partial charge in [0.2, 0.25) is 0 Å². The molecular formula is C18H15Bi. The van der Waals surface area contributed by atoms with Crippen LogP contribution >= 0.6 is 0 Å². The van der Waals surface area contributed by atoms with Gasteiger partial charge in [-0.05, 0) is 0 Å². The summed E-state index contributed by atoms with van der Waals surface area (Å²) in [6, 6.07) is 18.7. The van der Waals surface area contributed by atoms with Crippen molar-refractivity contribution in [2.45, 2.75) is 0 Å². The standard InChI is InChI=1S/3C6H5.Bi/c3*1-2-4-6-5-3-1;/h3*1-5H;/i1T,2T,3T,4T,5T;;;. The van der Waals surface area contributed by atoms with Crippen molar-refractivity contribution < 1.29 is 6.85 Å².